The van der Waals surface area contributed by atoms with Crippen molar-refractivity contribution in [2.75, 3.05) is 19.7 Å². The van der Waals surface area contributed by atoms with Crippen molar-refractivity contribution in [1.29, 1.82) is 0 Å². The van der Waals surface area contributed by atoms with E-state index in [2.05, 4.69) is 12.2 Å². The number of unbranched alkanes of at least 4 members (excludes halogenated alkanes) is 10. The Morgan fingerprint density at radius 1 is 0.696 bits per heavy atom. The smallest absolute Gasteiger partial charge is 0.119 e. The molecule has 0 amide bonds. The molecule has 1 rings (SSSR count). The lowest BCUT2D eigenvalue weighted by atomic mass is 10.1. The first kappa shape index (κ1) is 20.0. The molecule has 0 spiro atoms. The summed E-state index contributed by atoms with van der Waals surface area (Å²) in [5, 5.41) is 3.46. The maximum atomic E-state index is 5.65. The second-order valence-electron chi connectivity index (χ2n) is 6.45. The van der Waals surface area contributed by atoms with Crippen molar-refractivity contribution in [2.45, 2.75) is 77.6 Å². The molecule has 0 fully saturated rings. The first-order chi connectivity index (χ1) is 11.4. The van der Waals surface area contributed by atoms with E-state index in [1.807, 2.05) is 30.3 Å². The average molecular weight is 320 g/mol. The van der Waals surface area contributed by atoms with Crippen LogP contribution in [0.15, 0.2) is 30.3 Å². The van der Waals surface area contributed by atoms with Gasteiger partial charge in [0.25, 0.3) is 0 Å². The summed E-state index contributed by atoms with van der Waals surface area (Å²) in [7, 11) is 0. The van der Waals surface area contributed by atoms with Crippen molar-refractivity contribution < 1.29 is 4.74 Å². The van der Waals surface area contributed by atoms with E-state index >= 15 is 0 Å². The maximum Gasteiger partial charge on any atom is 0.119 e. The fraction of sp³-hybridized carbons (Fsp3) is 0.714. The molecule has 132 valence electrons. The summed E-state index contributed by atoms with van der Waals surface area (Å²) in [5.74, 6) is 0.962. The molecule has 0 aliphatic heterocycles. The Balaban J connectivity index is 1.72. The van der Waals surface area contributed by atoms with Crippen LogP contribution in [-0.2, 0) is 0 Å². The minimum absolute atomic E-state index is 0.752. The third-order valence-corrected chi connectivity index (χ3v) is 4.25. The summed E-state index contributed by atoms with van der Waals surface area (Å²) < 4.78 is 5.65. The van der Waals surface area contributed by atoms with Crippen LogP contribution in [0.2, 0.25) is 0 Å². The van der Waals surface area contributed by atoms with Gasteiger partial charge in [-0.2, -0.15) is 0 Å². The molecule has 0 aliphatic rings. The highest BCUT2D eigenvalue weighted by Crippen LogP contribution is 2.11. The molecule has 0 atom stereocenters. The molecule has 0 aliphatic carbocycles. The zero-order chi connectivity index (χ0) is 16.4. The Hall–Kier alpha value is -1.02. The van der Waals surface area contributed by atoms with Gasteiger partial charge in [-0.25, -0.2) is 0 Å². The van der Waals surface area contributed by atoms with Crippen LogP contribution in [0.5, 0.6) is 5.75 Å². The fourth-order valence-electron chi connectivity index (χ4n) is 2.80. The number of para-hydroxylation sites is 1. The number of rotatable bonds is 16. The van der Waals surface area contributed by atoms with E-state index in [-0.39, 0.29) is 0 Å². The van der Waals surface area contributed by atoms with E-state index in [1.165, 1.54) is 70.6 Å². The van der Waals surface area contributed by atoms with Gasteiger partial charge in [-0.1, -0.05) is 89.3 Å². The minimum atomic E-state index is 0.752. The molecule has 0 bridgehead atoms. The highest BCUT2D eigenvalue weighted by molar-refractivity contribution is 5.20. The van der Waals surface area contributed by atoms with Crippen LogP contribution in [0.25, 0.3) is 0 Å². The number of hydrogen-bond donors (Lipinski definition) is 1. The summed E-state index contributed by atoms with van der Waals surface area (Å²) in [6, 6.07) is 10.0. The highest BCUT2D eigenvalue weighted by atomic mass is 16.5. The fourth-order valence-corrected chi connectivity index (χ4v) is 2.80. The summed E-state index contributed by atoms with van der Waals surface area (Å²) in [4.78, 5) is 0. The van der Waals surface area contributed by atoms with Crippen molar-refractivity contribution in [3.63, 3.8) is 0 Å². The van der Waals surface area contributed by atoms with Crippen LogP contribution in [-0.4, -0.2) is 19.7 Å². The lowest BCUT2D eigenvalue weighted by Gasteiger charge is -2.07. The first-order valence-corrected chi connectivity index (χ1v) is 9.82. The molecule has 2 heteroatoms. The molecular weight excluding hydrogens is 282 g/mol. The third-order valence-electron chi connectivity index (χ3n) is 4.25. The second-order valence-corrected chi connectivity index (χ2v) is 6.45. The topological polar surface area (TPSA) is 21.3 Å². The van der Waals surface area contributed by atoms with Crippen LogP contribution >= 0.6 is 0 Å². The summed E-state index contributed by atoms with van der Waals surface area (Å²) >= 11 is 0. The Morgan fingerprint density at radius 3 is 1.87 bits per heavy atom. The molecule has 2 nitrogen and oxygen atoms in total. The maximum absolute atomic E-state index is 5.65. The molecule has 0 unspecified atom stereocenters. The van der Waals surface area contributed by atoms with Crippen LogP contribution in [0.1, 0.15) is 77.6 Å². The Kier molecular flexibility index (Phi) is 13.8. The molecule has 1 aromatic rings. The van der Waals surface area contributed by atoms with Gasteiger partial charge in [0.1, 0.15) is 12.4 Å². The van der Waals surface area contributed by atoms with Gasteiger partial charge in [0.2, 0.25) is 0 Å². The van der Waals surface area contributed by atoms with Crippen LogP contribution in [0, 0.1) is 0 Å². The van der Waals surface area contributed by atoms with E-state index in [0.717, 1.165) is 25.4 Å². The predicted molar refractivity (Wildman–Crippen MR) is 101 cm³/mol. The van der Waals surface area contributed by atoms with Crippen molar-refractivity contribution in [3.05, 3.63) is 30.3 Å². The molecule has 1 N–H and O–H groups in total. The lowest BCUT2D eigenvalue weighted by Crippen LogP contribution is -2.22. The van der Waals surface area contributed by atoms with E-state index in [1.54, 1.807) is 0 Å². The number of nitrogens with one attached hydrogen (secondary N) is 1. The normalized spacial score (nSPS) is 10.8. The van der Waals surface area contributed by atoms with E-state index in [4.69, 9.17) is 4.74 Å². The number of hydrogen-bond acceptors (Lipinski definition) is 2. The molecule has 0 saturated heterocycles. The monoisotopic (exact) mass is 319 g/mol. The minimum Gasteiger partial charge on any atom is -0.492 e. The van der Waals surface area contributed by atoms with Crippen LogP contribution in [0.3, 0.4) is 0 Å². The van der Waals surface area contributed by atoms with E-state index in [0.29, 0.717) is 0 Å². The molecule has 0 aromatic heterocycles. The van der Waals surface area contributed by atoms with Gasteiger partial charge < -0.3 is 10.1 Å². The summed E-state index contributed by atoms with van der Waals surface area (Å²) in [6.07, 6.45) is 15.5. The first-order valence-electron chi connectivity index (χ1n) is 9.82. The Bertz CT molecular complexity index is 339. The van der Waals surface area contributed by atoms with Crippen molar-refractivity contribution >= 4 is 0 Å². The summed E-state index contributed by atoms with van der Waals surface area (Å²) in [5.41, 5.74) is 0. The second kappa shape index (κ2) is 15.9. The molecule has 0 heterocycles. The zero-order valence-electron chi connectivity index (χ0n) is 15.2. The van der Waals surface area contributed by atoms with Gasteiger partial charge in [-0.05, 0) is 25.1 Å². The van der Waals surface area contributed by atoms with Gasteiger partial charge in [0, 0.05) is 6.54 Å². The van der Waals surface area contributed by atoms with Crippen LogP contribution in [0.4, 0.5) is 0 Å². The van der Waals surface area contributed by atoms with E-state index < -0.39 is 0 Å². The third kappa shape index (κ3) is 13.1. The predicted octanol–water partition coefficient (Wildman–Crippen LogP) is 5.97. The number of ether oxygens (including phenoxy) is 1. The van der Waals surface area contributed by atoms with Gasteiger partial charge in [0.15, 0.2) is 0 Å². The molecule has 0 radical (unpaired) electrons. The van der Waals surface area contributed by atoms with Gasteiger partial charge in [-0.3, -0.25) is 0 Å². The highest BCUT2D eigenvalue weighted by Gasteiger charge is 1.94. The Morgan fingerprint density at radius 2 is 1.26 bits per heavy atom. The van der Waals surface area contributed by atoms with Crippen molar-refractivity contribution in [1.82, 2.24) is 5.32 Å². The Labute approximate surface area is 144 Å². The summed E-state index contributed by atoms with van der Waals surface area (Å²) in [6.45, 7) is 5.09. The van der Waals surface area contributed by atoms with Crippen molar-refractivity contribution in [2.24, 2.45) is 0 Å². The lowest BCUT2D eigenvalue weighted by molar-refractivity contribution is 0.313. The largest absolute Gasteiger partial charge is 0.492 e. The number of benzene rings is 1. The van der Waals surface area contributed by atoms with E-state index in [9.17, 15) is 0 Å². The molecule has 23 heavy (non-hydrogen) atoms. The standard InChI is InChI=1S/C21H37NO/c1-2-3-4-5-6-7-8-9-10-11-15-18-22-19-20-23-21-16-13-12-14-17-21/h12-14,16-17,22H,2-11,15,18-20H2,1H3. The van der Waals surface area contributed by atoms with Gasteiger partial charge >= 0.3 is 0 Å². The zero-order valence-corrected chi connectivity index (χ0v) is 15.2. The molecule has 0 saturated carbocycles. The van der Waals surface area contributed by atoms with Gasteiger partial charge in [-0.15, -0.1) is 0 Å². The van der Waals surface area contributed by atoms with Gasteiger partial charge in [0.05, 0.1) is 0 Å². The quantitative estimate of drug-likeness (QED) is 0.379. The van der Waals surface area contributed by atoms with Crippen molar-refractivity contribution in [3.8, 4) is 5.75 Å². The molecular formula is C21H37NO. The molecule has 1 aromatic carbocycles. The SMILES string of the molecule is CCCCCCCCCCCCCNCCOc1ccccc1. The average Bonchev–Trinajstić information content (AvgIpc) is 2.59. The van der Waals surface area contributed by atoms with Crippen LogP contribution < -0.4 is 10.1 Å².